The molecule has 2 fully saturated rings. The number of hydrogen-bond donors (Lipinski definition) is 0. The molecule has 0 radical (unpaired) electrons. The molecule has 0 aromatic rings. The highest BCUT2D eigenvalue weighted by molar-refractivity contribution is 5.71. The van der Waals surface area contributed by atoms with Crippen LogP contribution in [0.15, 0.2) is 0 Å². The van der Waals surface area contributed by atoms with Crippen LogP contribution in [0.4, 0.5) is 0 Å². The van der Waals surface area contributed by atoms with Crippen molar-refractivity contribution in [1.29, 1.82) is 0 Å². The minimum Gasteiger partial charge on any atom is -0.458 e. The maximum Gasteiger partial charge on any atom is 0.332 e. The predicted molar refractivity (Wildman–Crippen MR) is 39.7 cm³/mol. The Morgan fingerprint density at radius 3 is 3.17 bits per heavy atom. The monoisotopic (exact) mass is 172 g/mol. The van der Waals surface area contributed by atoms with Crippen LogP contribution in [0, 0.1) is 0 Å². The Hall–Kier alpha value is -0.610. The third-order valence-electron chi connectivity index (χ3n) is 2.16. The summed E-state index contributed by atoms with van der Waals surface area (Å²) in [7, 11) is 0. The summed E-state index contributed by atoms with van der Waals surface area (Å²) in [6.45, 7) is 1.30. The maximum absolute atomic E-state index is 10.9. The van der Waals surface area contributed by atoms with E-state index in [-0.39, 0.29) is 24.8 Å². The van der Waals surface area contributed by atoms with Gasteiger partial charge >= 0.3 is 5.97 Å². The fourth-order valence-corrected chi connectivity index (χ4v) is 1.56. The van der Waals surface area contributed by atoms with Crippen LogP contribution in [0.25, 0.3) is 0 Å². The minimum absolute atomic E-state index is 0.0369. The number of carbonyl (C=O) groups excluding carboxylic acids is 1. The van der Waals surface area contributed by atoms with E-state index in [1.54, 1.807) is 0 Å². The van der Waals surface area contributed by atoms with E-state index in [4.69, 9.17) is 14.2 Å². The average molecular weight is 172 g/mol. The van der Waals surface area contributed by atoms with E-state index in [1.807, 2.05) is 0 Å². The SMILES string of the molecule is O=C1COC[C@H]2OCCC[C@@H]2O1. The van der Waals surface area contributed by atoms with Crippen molar-refractivity contribution in [1.82, 2.24) is 0 Å². The van der Waals surface area contributed by atoms with Gasteiger partial charge in [-0.1, -0.05) is 0 Å². The van der Waals surface area contributed by atoms with Gasteiger partial charge in [-0.3, -0.25) is 0 Å². The zero-order chi connectivity index (χ0) is 8.39. The molecule has 2 atom stereocenters. The molecule has 4 nitrogen and oxygen atoms in total. The van der Waals surface area contributed by atoms with Crippen LogP contribution in [0.5, 0.6) is 0 Å². The Labute approximate surface area is 70.8 Å². The quantitative estimate of drug-likeness (QED) is 0.486. The highest BCUT2D eigenvalue weighted by Gasteiger charge is 2.31. The minimum atomic E-state index is -0.270. The van der Waals surface area contributed by atoms with Gasteiger partial charge in [0, 0.05) is 6.61 Å². The molecule has 0 saturated carbocycles. The van der Waals surface area contributed by atoms with E-state index in [2.05, 4.69) is 0 Å². The fourth-order valence-electron chi connectivity index (χ4n) is 1.56. The van der Waals surface area contributed by atoms with Gasteiger partial charge < -0.3 is 14.2 Å². The smallest absolute Gasteiger partial charge is 0.332 e. The lowest BCUT2D eigenvalue weighted by molar-refractivity contribution is -0.157. The summed E-state index contributed by atoms with van der Waals surface area (Å²) in [6, 6.07) is 0. The standard InChI is InChI=1S/C8H12O4/c9-8-5-10-4-7-6(12-8)2-1-3-11-7/h6-7H,1-5H2/t6-,7+/m0/s1. The second-order valence-corrected chi connectivity index (χ2v) is 3.09. The molecule has 68 valence electrons. The van der Waals surface area contributed by atoms with Gasteiger partial charge in [0.15, 0.2) is 0 Å². The number of hydrogen-bond acceptors (Lipinski definition) is 4. The van der Waals surface area contributed by atoms with E-state index >= 15 is 0 Å². The highest BCUT2D eigenvalue weighted by atomic mass is 16.6. The molecule has 2 aliphatic heterocycles. The Kier molecular flexibility index (Phi) is 2.28. The van der Waals surface area contributed by atoms with Crippen molar-refractivity contribution in [3.63, 3.8) is 0 Å². The van der Waals surface area contributed by atoms with Crippen molar-refractivity contribution in [2.24, 2.45) is 0 Å². The topological polar surface area (TPSA) is 44.8 Å². The van der Waals surface area contributed by atoms with Gasteiger partial charge in [0.25, 0.3) is 0 Å². The summed E-state index contributed by atoms with van der Waals surface area (Å²) < 4.78 is 15.6. The third-order valence-corrected chi connectivity index (χ3v) is 2.16. The van der Waals surface area contributed by atoms with E-state index < -0.39 is 0 Å². The third kappa shape index (κ3) is 1.59. The molecule has 2 rings (SSSR count). The van der Waals surface area contributed by atoms with Crippen molar-refractivity contribution < 1.29 is 19.0 Å². The van der Waals surface area contributed by atoms with E-state index in [1.165, 1.54) is 0 Å². The normalized spacial score (nSPS) is 36.5. The molecular formula is C8H12O4. The van der Waals surface area contributed by atoms with Crippen molar-refractivity contribution in [3.8, 4) is 0 Å². The maximum atomic E-state index is 10.9. The molecule has 2 heterocycles. The first-order chi connectivity index (χ1) is 5.86. The summed E-state index contributed by atoms with van der Waals surface area (Å²) >= 11 is 0. The molecule has 2 aliphatic rings. The first-order valence-corrected chi connectivity index (χ1v) is 4.25. The summed E-state index contributed by atoms with van der Waals surface area (Å²) in [5.74, 6) is -0.270. The molecule has 0 aliphatic carbocycles. The first kappa shape index (κ1) is 8.01. The zero-order valence-corrected chi connectivity index (χ0v) is 6.82. The second-order valence-electron chi connectivity index (χ2n) is 3.09. The van der Waals surface area contributed by atoms with Crippen LogP contribution in [0.3, 0.4) is 0 Å². The van der Waals surface area contributed by atoms with Gasteiger partial charge in [0.1, 0.15) is 18.8 Å². The first-order valence-electron chi connectivity index (χ1n) is 4.25. The van der Waals surface area contributed by atoms with Crippen LogP contribution < -0.4 is 0 Å². The van der Waals surface area contributed by atoms with Crippen LogP contribution in [-0.4, -0.2) is 38.0 Å². The number of rotatable bonds is 0. The second kappa shape index (κ2) is 3.41. The largest absolute Gasteiger partial charge is 0.458 e. The number of fused-ring (bicyclic) bond motifs is 1. The Morgan fingerprint density at radius 2 is 2.25 bits per heavy atom. The van der Waals surface area contributed by atoms with Crippen molar-refractivity contribution >= 4 is 5.97 Å². The van der Waals surface area contributed by atoms with Crippen LogP contribution in [0.1, 0.15) is 12.8 Å². The Balaban J connectivity index is 2.01. The van der Waals surface area contributed by atoms with E-state index in [9.17, 15) is 4.79 Å². The van der Waals surface area contributed by atoms with E-state index in [0.717, 1.165) is 19.4 Å². The molecule has 0 amide bonds. The van der Waals surface area contributed by atoms with Crippen molar-refractivity contribution in [3.05, 3.63) is 0 Å². The van der Waals surface area contributed by atoms with Gasteiger partial charge in [0.2, 0.25) is 0 Å². The lowest BCUT2D eigenvalue weighted by Crippen LogP contribution is -2.38. The van der Waals surface area contributed by atoms with Crippen LogP contribution >= 0.6 is 0 Å². The molecular weight excluding hydrogens is 160 g/mol. The van der Waals surface area contributed by atoms with Crippen molar-refractivity contribution in [2.75, 3.05) is 19.8 Å². The van der Waals surface area contributed by atoms with Crippen molar-refractivity contribution in [2.45, 2.75) is 25.0 Å². The molecule has 2 saturated heterocycles. The summed E-state index contributed by atoms with van der Waals surface area (Å²) in [5, 5.41) is 0. The lowest BCUT2D eigenvalue weighted by atomic mass is 10.1. The lowest BCUT2D eigenvalue weighted by Gasteiger charge is -2.28. The van der Waals surface area contributed by atoms with Crippen LogP contribution in [0.2, 0.25) is 0 Å². The predicted octanol–water partition coefficient (Wildman–Crippen LogP) is 0.107. The van der Waals surface area contributed by atoms with Gasteiger partial charge in [-0.15, -0.1) is 0 Å². The molecule has 0 N–H and O–H groups in total. The molecule has 12 heavy (non-hydrogen) atoms. The molecule has 0 aromatic carbocycles. The summed E-state index contributed by atoms with van der Waals surface area (Å²) in [4.78, 5) is 10.9. The highest BCUT2D eigenvalue weighted by Crippen LogP contribution is 2.19. The molecule has 4 heteroatoms. The number of esters is 1. The van der Waals surface area contributed by atoms with Gasteiger partial charge in [-0.2, -0.15) is 0 Å². The summed E-state index contributed by atoms with van der Waals surface area (Å²) in [6.07, 6.45) is 1.76. The van der Waals surface area contributed by atoms with Gasteiger partial charge in [-0.05, 0) is 12.8 Å². The molecule has 0 unspecified atom stereocenters. The van der Waals surface area contributed by atoms with Crippen LogP contribution in [-0.2, 0) is 19.0 Å². The fraction of sp³-hybridized carbons (Fsp3) is 0.875. The summed E-state index contributed by atoms with van der Waals surface area (Å²) in [5.41, 5.74) is 0. The average Bonchev–Trinajstić information content (AvgIpc) is 2.25. The Morgan fingerprint density at radius 1 is 1.33 bits per heavy atom. The molecule has 0 spiro atoms. The molecule has 0 aromatic heterocycles. The zero-order valence-electron chi connectivity index (χ0n) is 6.82. The van der Waals surface area contributed by atoms with Gasteiger partial charge in [0.05, 0.1) is 6.61 Å². The molecule has 0 bridgehead atoms. The number of ether oxygens (including phenoxy) is 3. The Bertz CT molecular complexity index is 180. The number of carbonyl (C=O) groups is 1. The van der Waals surface area contributed by atoms with Gasteiger partial charge in [-0.25, -0.2) is 4.79 Å². The van der Waals surface area contributed by atoms with E-state index in [0.29, 0.717) is 6.61 Å².